The molecule has 0 bridgehead atoms. The van der Waals surface area contributed by atoms with Gasteiger partial charge in [0.2, 0.25) is 0 Å². The number of allylic oxidation sites excluding steroid dienone is 2. The first-order valence-corrected chi connectivity index (χ1v) is 7.04. The molecule has 1 aliphatic heterocycles. The Balaban J connectivity index is 2.49. The second-order valence-electron chi connectivity index (χ2n) is 5.36. The van der Waals surface area contributed by atoms with Gasteiger partial charge in [-0.05, 0) is 30.7 Å². The molecule has 0 atom stereocenters. The van der Waals surface area contributed by atoms with Gasteiger partial charge in [0.05, 0.1) is 5.02 Å². The van der Waals surface area contributed by atoms with Crippen molar-refractivity contribution in [3.05, 3.63) is 41.1 Å². The summed E-state index contributed by atoms with van der Waals surface area (Å²) in [6, 6.07) is 4.12. The number of fused-ring (bicyclic) bond motifs is 1. The molecular weight excluding hydrogens is 264 g/mol. The third-order valence-corrected chi connectivity index (χ3v) is 4.17. The molecule has 18 heavy (non-hydrogen) atoms. The third-order valence-electron chi connectivity index (χ3n) is 2.51. The molecule has 3 heteroatoms. The Bertz CT molecular complexity index is 538. The molecule has 1 nitrogen and oxygen atoms in total. The molecule has 1 aliphatic rings. The summed E-state index contributed by atoms with van der Waals surface area (Å²) in [5.74, 6) is 1.37. The minimum atomic E-state index is 0.119. The van der Waals surface area contributed by atoms with E-state index in [1.807, 2.05) is 13.0 Å². The van der Waals surface area contributed by atoms with Crippen LogP contribution >= 0.6 is 23.4 Å². The van der Waals surface area contributed by atoms with Crippen LogP contribution < -0.4 is 4.74 Å². The maximum Gasteiger partial charge on any atom is 0.154 e. The molecule has 0 N–H and O–H groups in total. The monoisotopic (exact) mass is 280 g/mol. The molecule has 0 aliphatic carbocycles. The van der Waals surface area contributed by atoms with Crippen LogP contribution in [-0.4, -0.2) is 4.75 Å². The minimum absolute atomic E-state index is 0.119. The lowest BCUT2D eigenvalue weighted by Crippen LogP contribution is -2.08. The van der Waals surface area contributed by atoms with E-state index in [1.54, 1.807) is 11.8 Å². The maximum atomic E-state index is 6.45. The highest BCUT2D eigenvalue weighted by Gasteiger charge is 2.22. The van der Waals surface area contributed by atoms with Gasteiger partial charge in [-0.15, -0.1) is 11.8 Å². The van der Waals surface area contributed by atoms with Crippen molar-refractivity contribution in [1.29, 1.82) is 0 Å². The fraction of sp³-hybridized carbons (Fsp3) is 0.333. The third kappa shape index (κ3) is 2.76. The first-order valence-electron chi connectivity index (χ1n) is 5.85. The van der Waals surface area contributed by atoms with Crippen molar-refractivity contribution in [2.45, 2.75) is 37.3 Å². The Kier molecular flexibility index (Phi) is 3.52. The fourth-order valence-electron chi connectivity index (χ4n) is 1.84. The Morgan fingerprint density at radius 2 is 1.94 bits per heavy atom. The van der Waals surface area contributed by atoms with Gasteiger partial charge in [0.1, 0.15) is 5.76 Å². The molecule has 0 saturated carbocycles. The second-order valence-corrected chi connectivity index (χ2v) is 7.61. The van der Waals surface area contributed by atoms with Gasteiger partial charge in [0, 0.05) is 15.2 Å². The van der Waals surface area contributed by atoms with Gasteiger partial charge in [0.15, 0.2) is 5.75 Å². The van der Waals surface area contributed by atoms with Crippen LogP contribution in [-0.2, 0) is 0 Å². The quantitative estimate of drug-likeness (QED) is 0.625. The first-order chi connectivity index (χ1) is 8.28. The van der Waals surface area contributed by atoms with Crippen LogP contribution in [0.2, 0.25) is 5.02 Å². The number of hydrogen-bond acceptors (Lipinski definition) is 2. The highest BCUT2D eigenvalue weighted by atomic mass is 35.5. The molecule has 1 heterocycles. The smallest absolute Gasteiger partial charge is 0.154 e. The molecule has 0 amide bonds. The molecule has 1 aromatic rings. The van der Waals surface area contributed by atoms with Crippen molar-refractivity contribution in [2.24, 2.45) is 0 Å². The van der Waals surface area contributed by atoms with Crippen LogP contribution in [0.5, 0.6) is 5.75 Å². The summed E-state index contributed by atoms with van der Waals surface area (Å²) in [5, 5.41) is 0.682. The van der Waals surface area contributed by atoms with Crippen molar-refractivity contribution in [3.63, 3.8) is 0 Å². The van der Waals surface area contributed by atoms with E-state index in [2.05, 4.69) is 39.5 Å². The minimum Gasteiger partial charge on any atom is -0.456 e. The molecule has 0 fully saturated rings. The van der Waals surface area contributed by atoms with Gasteiger partial charge in [0.25, 0.3) is 0 Å². The zero-order chi connectivity index (χ0) is 13.5. The van der Waals surface area contributed by atoms with Crippen molar-refractivity contribution >= 4 is 28.9 Å². The number of rotatable bonds is 1. The van der Waals surface area contributed by atoms with E-state index >= 15 is 0 Å². The lowest BCUT2D eigenvalue weighted by Gasteiger charge is -2.23. The number of halogens is 1. The summed E-state index contributed by atoms with van der Waals surface area (Å²) in [7, 11) is 0. The molecule has 0 saturated heterocycles. The Morgan fingerprint density at radius 3 is 2.56 bits per heavy atom. The van der Waals surface area contributed by atoms with Crippen LogP contribution in [0.25, 0.3) is 5.57 Å². The molecule has 0 radical (unpaired) electrons. The van der Waals surface area contributed by atoms with E-state index < -0.39 is 0 Å². The molecular formula is C15H17ClOS. The number of ether oxygens (including phenoxy) is 1. The predicted molar refractivity (Wildman–Crippen MR) is 80.5 cm³/mol. The zero-order valence-electron chi connectivity index (χ0n) is 11.1. The summed E-state index contributed by atoms with van der Waals surface area (Å²) in [6.45, 7) is 12.4. The molecule has 0 spiro atoms. The average molecular weight is 281 g/mol. The first kappa shape index (κ1) is 13.6. The van der Waals surface area contributed by atoms with E-state index in [0.29, 0.717) is 10.8 Å². The van der Waals surface area contributed by atoms with Crippen molar-refractivity contribution < 1.29 is 4.74 Å². The van der Waals surface area contributed by atoms with Crippen LogP contribution in [0.3, 0.4) is 0 Å². The Hall–Kier alpha value is -0.860. The van der Waals surface area contributed by atoms with Gasteiger partial charge in [-0.25, -0.2) is 0 Å². The van der Waals surface area contributed by atoms with Crippen LogP contribution in [0.15, 0.2) is 35.4 Å². The summed E-state index contributed by atoms with van der Waals surface area (Å²) >= 11 is 8.19. The van der Waals surface area contributed by atoms with Crippen LogP contribution in [0.4, 0.5) is 0 Å². The number of hydrogen-bond donors (Lipinski definition) is 0. The molecule has 2 rings (SSSR count). The van der Waals surface area contributed by atoms with Gasteiger partial charge in [-0.1, -0.05) is 39.0 Å². The lowest BCUT2D eigenvalue weighted by molar-refractivity contribution is 0.440. The normalized spacial score (nSPS) is 14.9. The average Bonchev–Trinajstić information content (AvgIpc) is 2.21. The van der Waals surface area contributed by atoms with Gasteiger partial charge in [-0.3, -0.25) is 0 Å². The van der Waals surface area contributed by atoms with Gasteiger partial charge < -0.3 is 4.74 Å². The van der Waals surface area contributed by atoms with E-state index in [1.165, 1.54) is 0 Å². The van der Waals surface area contributed by atoms with Crippen LogP contribution in [0.1, 0.15) is 33.3 Å². The molecule has 0 aromatic heterocycles. The van der Waals surface area contributed by atoms with E-state index in [0.717, 1.165) is 21.8 Å². The molecule has 1 aromatic carbocycles. The summed E-state index contributed by atoms with van der Waals surface area (Å²) in [5.41, 5.74) is 2.18. The second kappa shape index (κ2) is 4.67. The van der Waals surface area contributed by atoms with Gasteiger partial charge in [-0.2, -0.15) is 0 Å². The molecule has 96 valence electrons. The summed E-state index contributed by atoms with van der Waals surface area (Å²) < 4.78 is 5.79. The van der Waals surface area contributed by atoms with E-state index in [-0.39, 0.29) is 4.75 Å². The fourth-order valence-corrected chi connectivity index (χ4v) is 3.13. The largest absolute Gasteiger partial charge is 0.456 e. The Labute approximate surface area is 118 Å². The number of benzene rings is 1. The summed E-state index contributed by atoms with van der Waals surface area (Å²) in [6.07, 6.45) is 1.93. The van der Waals surface area contributed by atoms with Gasteiger partial charge >= 0.3 is 0 Å². The Morgan fingerprint density at radius 1 is 1.28 bits per heavy atom. The topological polar surface area (TPSA) is 9.23 Å². The van der Waals surface area contributed by atoms with E-state index in [4.69, 9.17) is 16.3 Å². The van der Waals surface area contributed by atoms with Crippen molar-refractivity contribution in [3.8, 4) is 5.75 Å². The predicted octanol–water partition coefficient (Wildman–Crippen LogP) is 5.54. The number of thioether (sulfide) groups is 1. The van der Waals surface area contributed by atoms with E-state index in [9.17, 15) is 0 Å². The highest BCUT2D eigenvalue weighted by molar-refractivity contribution is 8.00. The standard InChI is InChI=1S/C15H17ClOS/c1-9-8-10(2)17-14-11(9)6-7-12(13(14)16)18-15(3,4)5/h6-8H,2H2,1,3-5H3. The summed E-state index contributed by atoms with van der Waals surface area (Å²) in [4.78, 5) is 1.05. The zero-order valence-corrected chi connectivity index (χ0v) is 12.7. The van der Waals surface area contributed by atoms with Crippen molar-refractivity contribution in [1.82, 2.24) is 0 Å². The van der Waals surface area contributed by atoms with Crippen LogP contribution in [0, 0.1) is 0 Å². The molecule has 0 unspecified atom stereocenters. The van der Waals surface area contributed by atoms with Crippen molar-refractivity contribution in [2.75, 3.05) is 0 Å². The SMILES string of the molecule is C=C1C=C(C)c2ccc(SC(C)(C)C)c(Cl)c2O1. The maximum absolute atomic E-state index is 6.45. The lowest BCUT2D eigenvalue weighted by atomic mass is 10.0. The highest BCUT2D eigenvalue weighted by Crippen LogP contribution is 2.45.